The van der Waals surface area contributed by atoms with Crippen LogP contribution in [0.25, 0.3) is 17.1 Å². The van der Waals surface area contributed by atoms with Crippen molar-refractivity contribution in [1.82, 2.24) is 14.8 Å². The van der Waals surface area contributed by atoms with Gasteiger partial charge in [-0.15, -0.1) is 10.2 Å². The highest BCUT2D eigenvalue weighted by Crippen LogP contribution is 2.30. The molecule has 0 spiro atoms. The van der Waals surface area contributed by atoms with E-state index in [-0.39, 0.29) is 22.3 Å². The first-order valence-corrected chi connectivity index (χ1v) is 11.0. The van der Waals surface area contributed by atoms with Gasteiger partial charge in [0.1, 0.15) is 11.6 Å². The van der Waals surface area contributed by atoms with Crippen molar-refractivity contribution in [3.63, 3.8) is 0 Å². The van der Waals surface area contributed by atoms with Gasteiger partial charge < -0.3 is 5.32 Å². The molecule has 0 bridgehead atoms. The zero-order valence-electron chi connectivity index (χ0n) is 17.7. The summed E-state index contributed by atoms with van der Waals surface area (Å²) in [6, 6.07) is 16.5. The van der Waals surface area contributed by atoms with E-state index in [1.165, 1.54) is 22.8 Å². The smallest absolute Gasteiger partial charge is 0.274 e. The molecule has 34 heavy (non-hydrogen) atoms. The highest BCUT2D eigenvalue weighted by molar-refractivity contribution is 7.99. The number of nitro groups is 1. The summed E-state index contributed by atoms with van der Waals surface area (Å²) < 4.78 is 29.6. The number of benzene rings is 3. The lowest BCUT2D eigenvalue weighted by atomic mass is 10.1. The number of amides is 1. The van der Waals surface area contributed by atoms with Gasteiger partial charge in [0, 0.05) is 17.7 Å². The van der Waals surface area contributed by atoms with Gasteiger partial charge in [-0.05, 0) is 25.1 Å². The van der Waals surface area contributed by atoms with Crippen LogP contribution in [0.3, 0.4) is 0 Å². The van der Waals surface area contributed by atoms with Gasteiger partial charge in [-0.25, -0.2) is 8.78 Å². The molecule has 1 heterocycles. The van der Waals surface area contributed by atoms with Gasteiger partial charge in [0.25, 0.3) is 5.69 Å². The van der Waals surface area contributed by atoms with Gasteiger partial charge in [0.2, 0.25) is 5.91 Å². The summed E-state index contributed by atoms with van der Waals surface area (Å²) in [6.07, 6.45) is 0. The number of anilines is 1. The monoisotopic (exact) mass is 481 g/mol. The van der Waals surface area contributed by atoms with Crippen LogP contribution in [0.2, 0.25) is 0 Å². The maximum atomic E-state index is 14.7. The SMILES string of the molecule is Cc1c(NC(=O)CSc2nnc(-c3ccccc3)n2-c2ccc(F)cc2F)cccc1[N+](=O)[O-]. The first-order chi connectivity index (χ1) is 16.3. The van der Waals surface area contributed by atoms with Gasteiger partial charge in [0.05, 0.1) is 27.6 Å². The molecule has 0 saturated heterocycles. The molecule has 11 heteroatoms. The second-order valence-corrected chi connectivity index (χ2v) is 8.09. The standard InChI is InChI=1S/C23H17F2N5O3S/c1-14-18(8-5-9-19(14)30(32)33)26-21(31)13-34-23-28-27-22(15-6-3-2-4-7-15)29(23)20-11-10-16(24)12-17(20)25/h2-12H,13H2,1H3,(H,26,31). The molecule has 3 aromatic carbocycles. The first kappa shape index (κ1) is 23.1. The minimum Gasteiger partial charge on any atom is -0.325 e. The van der Waals surface area contributed by atoms with E-state index in [4.69, 9.17) is 0 Å². The lowest BCUT2D eigenvalue weighted by Crippen LogP contribution is -2.16. The highest BCUT2D eigenvalue weighted by Gasteiger charge is 2.21. The number of rotatable bonds is 7. The average molecular weight is 481 g/mol. The first-order valence-electron chi connectivity index (χ1n) is 9.98. The van der Waals surface area contributed by atoms with E-state index >= 15 is 0 Å². The fraction of sp³-hybridized carbons (Fsp3) is 0.0870. The zero-order chi connectivity index (χ0) is 24.2. The van der Waals surface area contributed by atoms with Gasteiger partial charge in [0.15, 0.2) is 11.0 Å². The van der Waals surface area contributed by atoms with Crippen molar-refractivity contribution in [2.24, 2.45) is 0 Å². The molecule has 1 amide bonds. The summed E-state index contributed by atoms with van der Waals surface area (Å²) in [4.78, 5) is 23.2. The van der Waals surface area contributed by atoms with E-state index < -0.39 is 22.5 Å². The van der Waals surface area contributed by atoms with E-state index in [1.54, 1.807) is 37.3 Å². The lowest BCUT2D eigenvalue weighted by Gasteiger charge is -2.12. The zero-order valence-corrected chi connectivity index (χ0v) is 18.6. The van der Waals surface area contributed by atoms with Crippen LogP contribution in [0, 0.1) is 28.7 Å². The lowest BCUT2D eigenvalue weighted by molar-refractivity contribution is -0.385. The minimum absolute atomic E-state index is 0.0303. The van der Waals surface area contributed by atoms with Crippen LogP contribution in [0.1, 0.15) is 5.56 Å². The number of hydrogen-bond acceptors (Lipinski definition) is 6. The van der Waals surface area contributed by atoms with Crippen LogP contribution in [0.4, 0.5) is 20.2 Å². The molecule has 1 aromatic heterocycles. The van der Waals surface area contributed by atoms with E-state index in [1.807, 2.05) is 6.07 Å². The molecule has 0 radical (unpaired) electrons. The third-order valence-corrected chi connectivity index (χ3v) is 5.85. The van der Waals surface area contributed by atoms with Crippen LogP contribution in [-0.2, 0) is 4.79 Å². The maximum absolute atomic E-state index is 14.7. The number of hydrogen-bond donors (Lipinski definition) is 1. The molecular weight excluding hydrogens is 464 g/mol. The molecule has 0 fully saturated rings. The third kappa shape index (κ3) is 4.79. The van der Waals surface area contributed by atoms with Crippen molar-refractivity contribution >= 4 is 29.0 Å². The van der Waals surface area contributed by atoms with Crippen molar-refractivity contribution < 1.29 is 18.5 Å². The van der Waals surface area contributed by atoms with Gasteiger partial charge >= 0.3 is 0 Å². The van der Waals surface area contributed by atoms with Crippen LogP contribution in [0.15, 0.2) is 71.9 Å². The molecule has 0 aliphatic heterocycles. The summed E-state index contributed by atoms with van der Waals surface area (Å²) in [7, 11) is 0. The van der Waals surface area contributed by atoms with Crippen molar-refractivity contribution in [2.45, 2.75) is 12.1 Å². The second-order valence-electron chi connectivity index (χ2n) is 7.15. The summed E-state index contributed by atoms with van der Waals surface area (Å²) in [5.74, 6) is -1.78. The number of carbonyl (C=O) groups is 1. The molecule has 4 rings (SSSR count). The molecule has 0 unspecified atom stereocenters. The molecule has 0 saturated carbocycles. The molecule has 8 nitrogen and oxygen atoms in total. The molecule has 1 N–H and O–H groups in total. The molecule has 172 valence electrons. The number of halogens is 2. The Kier molecular flexibility index (Phi) is 6.64. The van der Waals surface area contributed by atoms with E-state index in [0.29, 0.717) is 22.6 Å². The van der Waals surface area contributed by atoms with Crippen LogP contribution in [-0.4, -0.2) is 31.3 Å². The van der Waals surface area contributed by atoms with Crippen molar-refractivity contribution in [3.8, 4) is 17.1 Å². The molecule has 4 aromatic rings. The van der Waals surface area contributed by atoms with Gasteiger partial charge in [-0.2, -0.15) is 0 Å². The number of nitro benzene ring substituents is 1. The molecule has 0 atom stereocenters. The Morgan fingerprint density at radius 3 is 2.56 bits per heavy atom. The summed E-state index contributed by atoms with van der Waals surface area (Å²) >= 11 is 0.997. The van der Waals surface area contributed by atoms with Gasteiger partial charge in [-0.1, -0.05) is 48.2 Å². The van der Waals surface area contributed by atoms with Crippen LogP contribution < -0.4 is 5.32 Å². The molecular formula is C23H17F2N5O3S. The highest BCUT2D eigenvalue weighted by atomic mass is 32.2. The molecule has 0 aliphatic rings. The number of nitrogens with zero attached hydrogens (tertiary/aromatic N) is 4. The quantitative estimate of drug-likeness (QED) is 0.222. The summed E-state index contributed by atoms with van der Waals surface area (Å²) in [5.41, 5.74) is 1.22. The number of carbonyl (C=O) groups excluding carboxylic acids is 1. The Hall–Kier alpha value is -4.12. The van der Waals surface area contributed by atoms with Gasteiger partial charge in [-0.3, -0.25) is 19.5 Å². The summed E-state index contributed by atoms with van der Waals surface area (Å²) in [6.45, 7) is 1.54. The topological polar surface area (TPSA) is 103 Å². The third-order valence-electron chi connectivity index (χ3n) is 4.92. The maximum Gasteiger partial charge on any atom is 0.274 e. The Morgan fingerprint density at radius 2 is 1.85 bits per heavy atom. The van der Waals surface area contributed by atoms with Crippen molar-refractivity contribution in [3.05, 3.63) is 94.0 Å². The number of aromatic nitrogens is 3. The Labute approximate surface area is 196 Å². The minimum atomic E-state index is -0.810. The van der Waals surface area contributed by atoms with E-state index in [2.05, 4.69) is 15.5 Å². The Morgan fingerprint density at radius 1 is 1.09 bits per heavy atom. The van der Waals surface area contributed by atoms with E-state index in [0.717, 1.165) is 23.9 Å². The Balaban J connectivity index is 1.61. The predicted molar refractivity (Wildman–Crippen MR) is 124 cm³/mol. The number of thioether (sulfide) groups is 1. The normalized spacial score (nSPS) is 10.8. The Bertz CT molecular complexity index is 1380. The summed E-state index contributed by atoms with van der Waals surface area (Å²) in [5, 5.41) is 22.3. The molecule has 0 aliphatic carbocycles. The second kappa shape index (κ2) is 9.79. The van der Waals surface area contributed by atoms with Crippen LogP contribution in [0.5, 0.6) is 0 Å². The predicted octanol–water partition coefficient (Wildman–Crippen LogP) is 5.16. The largest absolute Gasteiger partial charge is 0.325 e. The fourth-order valence-electron chi connectivity index (χ4n) is 3.29. The van der Waals surface area contributed by atoms with E-state index in [9.17, 15) is 23.7 Å². The van der Waals surface area contributed by atoms with Crippen LogP contribution >= 0.6 is 11.8 Å². The fourth-order valence-corrected chi connectivity index (χ4v) is 4.04. The van der Waals surface area contributed by atoms with Crippen molar-refractivity contribution in [2.75, 3.05) is 11.1 Å². The van der Waals surface area contributed by atoms with Crippen molar-refractivity contribution in [1.29, 1.82) is 0 Å². The average Bonchev–Trinajstić information content (AvgIpc) is 3.23. The number of nitrogens with one attached hydrogen (secondary N) is 1.